The van der Waals surface area contributed by atoms with Crippen LogP contribution in [0.15, 0.2) is 24.3 Å². The highest BCUT2D eigenvalue weighted by Gasteiger charge is 2.07. The Morgan fingerprint density at radius 1 is 1.32 bits per heavy atom. The van der Waals surface area contributed by atoms with Crippen molar-refractivity contribution in [1.82, 2.24) is 4.98 Å². The predicted molar refractivity (Wildman–Crippen MR) is 76.4 cm³/mol. The molecule has 1 aromatic heterocycles. The van der Waals surface area contributed by atoms with E-state index in [0.29, 0.717) is 17.4 Å². The van der Waals surface area contributed by atoms with Crippen LogP contribution in [-0.4, -0.2) is 4.98 Å². The van der Waals surface area contributed by atoms with Gasteiger partial charge in [0.05, 0.1) is 5.69 Å². The summed E-state index contributed by atoms with van der Waals surface area (Å²) in [5, 5.41) is 9.71. The summed E-state index contributed by atoms with van der Waals surface area (Å²) < 4.78 is 5.68. The first-order valence-corrected chi connectivity index (χ1v) is 7.01. The minimum atomic E-state index is 0.411. The summed E-state index contributed by atoms with van der Waals surface area (Å²) >= 11 is 1.39. The molecular formula is C15H16N2OS. The monoisotopic (exact) mass is 272 g/mol. The Kier molecular flexibility index (Phi) is 4.18. The number of rotatable bonds is 4. The van der Waals surface area contributed by atoms with Crippen molar-refractivity contribution >= 4 is 11.3 Å². The lowest BCUT2D eigenvalue weighted by Crippen LogP contribution is -1.95. The summed E-state index contributed by atoms with van der Waals surface area (Å²) in [4.78, 5) is 4.97. The second-order valence-corrected chi connectivity index (χ2v) is 5.73. The van der Waals surface area contributed by atoms with Gasteiger partial charge in [0, 0.05) is 0 Å². The summed E-state index contributed by atoms with van der Waals surface area (Å²) in [5.74, 6) is 1.35. The maximum absolute atomic E-state index is 8.88. The van der Waals surface area contributed by atoms with Crippen LogP contribution in [0.4, 0.5) is 0 Å². The molecule has 1 aromatic carbocycles. The normalized spacial score (nSPS) is 10.5. The lowest BCUT2D eigenvalue weighted by Gasteiger charge is -2.07. The van der Waals surface area contributed by atoms with Crippen LogP contribution in [0.5, 0.6) is 5.75 Å². The standard InChI is InChI=1S/C15H16N2OS/c1-10(2)12-4-6-13(7-5-12)18-9-15-17-11(3)14(8-16)19-15/h4-7,10H,9H2,1-3H3. The van der Waals surface area contributed by atoms with E-state index in [1.54, 1.807) is 0 Å². The van der Waals surface area contributed by atoms with Crippen molar-refractivity contribution in [2.45, 2.75) is 33.3 Å². The van der Waals surface area contributed by atoms with Gasteiger partial charge >= 0.3 is 0 Å². The smallest absolute Gasteiger partial charge is 0.140 e. The van der Waals surface area contributed by atoms with Crippen LogP contribution >= 0.6 is 11.3 Å². The SMILES string of the molecule is Cc1nc(COc2ccc(C(C)C)cc2)sc1C#N. The van der Waals surface area contributed by atoms with Gasteiger partial charge < -0.3 is 4.74 Å². The third kappa shape index (κ3) is 3.33. The average Bonchev–Trinajstić information content (AvgIpc) is 2.77. The van der Waals surface area contributed by atoms with Crippen molar-refractivity contribution in [1.29, 1.82) is 5.26 Å². The fourth-order valence-corrected chi connectivity index (χ4v) is 2.49. The van der Waals surface area contributed by atoms with Gasteiger partial charge in [0.15, 0.2) is 0 Å². The quantitative estimate of drug-likeness (QED) is 0.844. The number of hydrogen-bond acceptors (Lipinski definition) is 4. The highest BCUT2D eigenvalue weighted by molar-refractivity contribution is 7.12. The van der Waals surface area contributed by atoms with Gasteiger partial charge in [0.1, 0.15) is 28.3 Å². The number of aryl methyl sites for hydroxylation is 1. The summed E-state index contributed by atoms with van der Waals surface area (Å²) in [6.07, 6.45) is 0. The highest BCUT2D eigenvalue weighted by Crippen LogP contribution is 2.21. The van der Waals surface area contributed by atoms with Gasteiger partial charge in [-0.3, -0.25) is 0 Å². The predicted octanol–water partition coefficient (Wildman–Crippen LogP) is 4.03. The topological polar surface area (TPSA) is 45.9 Å². The second kappa shape index (κ2) is 5.85. The number of hydrogen-bond donors (Lipinski definition) is 0. The molecule has 0 saturated heterocycles. The molecule has 1 heterocycles. The molecule has 0 bridgehead atoms. The van der Waals surface area contributed by atoms with E-state index in [4.69, 9.17) is 10.00 Å². The second-order valence-electron chi connectivity index (χ2n) is 4.65. The molecule has 0 aliphatic rings. The largest absolute Gasteiger partial charge is 0.486 e. The number of ether oxygens (including phenoxy) is 1. The Hall–Kier alpha value is -1.86. The number of nitrogens with zero attached hydrogens (tertiary/aromatic N) is 2. The summed E-state index contributed by atoms with van der Waals surface area (Å²) in [6.45, 7) is 6.58. The molecule has 0 saturated carbocycles. The molecule has 0 atom stereocenters. The molecule has 19 heavy (non-hydrogen) atoms. The Bertz CT molecular complexity index is 594. The van der Waals surface area contributed by atoms with Gasteiger partial charge in [0.25, 0.3) is 0 Å². The molecular weight excluding hydrogens is 256 g/mol. The van der Waals surface area contributed by atoms with E-state index in [2.05, 4.69) is 37.0 Å². The summed E-state index contributed by atoms with van der Waals surface area (Å²) in [6, 6.07) is 10.2. The molecule has 0 aliphatic heterocycles. The zero-order valence-electron chi connectivity index (χ0n) is 11.3. The molecule has 0 amide bonds. The lowest BCUT2D eigenvalue weighted by atomic mass is 10.0. The number of aromatic nitrogens is 1. The van der Waals surface area contributed by atoms with Crippen LogP contribution in [0, 0.1) is 18.3 Å². The van der Waals surface area contributed by atoms with Crippen molar-refractivity contribution in [2.75, 3.05) is 0 Å². The molecule has 0 fully saturated rings. The molecule has 2 aromatic rings. The van der Waals surface area contributed by atoms with Crippen LogP contribution in [0.3, 0.4) is 0 Å². The van der Waals surface area contributed by atoms with E-state index >= 15 is 0 Å². The van der Waals surface area contributed by atoms with Crippen molar-refractivity contribution in [3.8, 4) is 11.8 Å². The van der Waals surface area contributed by atoms with Gasteiger partial charge in [-0.25, -0.2) is 4.98 Å². The number of benzene rings is 1. The van der Waals surface area contributed by atoms with Gasteiger partial charge in [-0.05, 0) is 30.5 Å². The third-order valence-corrected chi connectivity index (χ3v) is 3.89. The molecule has 4 heteroatoms. The maximum atomic E-state index is 8.88. The molecule has 0 aliphatic carbocycles. The van der Waals surface area contributed by atoms with Crippen LogP contribution in [-0.2, 0) is 6.61 Å². The van der Waals surface area contributed by atoms with Gasteiger partial charge in [-0.15, -0.1) is 11.3 Å². The molecule has 0 spiro atoms. The zero-order valence-corrected chi connectivity index (χ0v) is 12.1. The first-order chi connectivity index (χ1) is 9.10. The number of nitriles is 1. The van der Waals surface area contributed by atoms with Crippen LogP contribution < -0.4 is 4.74 Å². The maximum Gasteiger partial charge on any atom is 0.140 e. The summed E-state index contributed by atoms with van der Waals surface area (Å²) in [7, 11) is 0. The highest BCUT2D eigenvalue weighted by atomic mass is 32.1. The van der Waals surface area contributed by atoms with Crippen molar-refractivity contribution < 1.29 is 4.74 Å². The van der Waals surface area contributed by atoms with E-state index in [-0.39, 0.29) is 0 Å². The van der Waals surface area contributed by atoms with Crippen molar-refractivity contribution in [2.24, 2.45) is 0 Å². The number of thiazole rings is 1. The van der Waals surface area contributed by atoms with Crippen molar-refractivity contribution in [3.63, 3.8) is 0 Å². The van der Waals surface area contributed by atoms with E-state index < -0.39 is 0 Å². The van der Waals surface area contributed by atoms with E-state index in [9.17, 15) is 0 Å². The van der Waals surface area contributed by atoms with Gasteiger partial charge in [-0.2, -0.15) is 5.26 Å². The van der Waals surface area contributed by atoms with Gasteiger partial charge in [0.2, 0.25) is 0 Å². The Morgan fingerprint density at radius 3 is 2.53 bits per heavy atom. The summed E-state index contributed by atoms with van der Waals surface area (Å²) in [5.41, 5.74) is 2.07. The molecule has 0 unspecified atom stereocenters. The van der Waals surface area contributed by atoms with Gasteiger partial charge in [-0.1, -0.05) is 26.0 Å². The minimum absolute atomic E-state index is 0.411. The van der Waals surface area contributed by atoms with Crippen LogP contribution in [0.2, 0.25) is 0 Å². The Labute approximate surface area is 117 Å². The first kappa shape index (κ1) is 13.6. The molecule has 0 radical (unpaired) electrons. The average molecular weight is 272 g/mol. The fourth-order valence-electron chi connectivity index (χ4n) is 1.71. The van der Waals surface area contributed by atoms with E-state index in [1.165, 1.54) is 16.9 Å². The third-order valence-electron chi connectivity index (χ3n) is 2.85. The van der Waals surface area contributed by atoms with Crippen molar-refractivity contribution in [3.05, 3.63) is 45.4 Å². The minimum Gasteiger partial charge on any atom is -0.486 e. The van der Waals surface area contributed by atoms with Crippen LogP contribution in [0.25, 0.3) is 0 Å². The first-order valence-electron chi connectivity index (χ1n) is 6.19. The fraction of sp³-hybridized carbons (Fsp3) is 0.333. The molecule has 98 valence electrons. The lowest BCUT2D eigenvalue weighted by molar-refractivity contribution is 0.305. The molecule has 2 rings (SSSR count). The van der Waals surface area contributed by atoms with E-state index in [0.717, 1.165) is 16.5 Å². The Balaban J connectivity index is 2.00. The zero-order chi connectivity index (χ0) is 13.8. The van der Waals surface area contributed by atoms with E-state index in [1.807, 2.05) is 19.1 Å². The molecule has 3 nitrogen and oxygen atoms in total. The molecule has 0 N–H and O–H groups in total. The van der Waals surface area contributed by atoms with Crippen LogP contribution in [0.1, 0.15) is 40.9 Å². The Morgan fingerprint density at radius 2 is 2.00 bits per heavy atom.